The third kappa shape index (κ3) is 5.22. The molecule has 1 aromatic heterocycles. The van der Waals surface area contributed by atoms with E-state index in [1.165, 1.54) is 10.6 Å². The molecule has 1 saturated heterocycles. The van der Waals surface area contributed by atoms with Crippen LogP contribution in [0.2, 0.25) is 0 Å². The fourth-order valence-electron chi connectivity index (χ4n) is 3.12. The van der Waals surface area contributed by atoms with Gasteiger partial charge in [0.15, 0.2) is 5.96 Å². The molecular formula is C20H28N6OS. The number of carbonyl (C=O) groups excluding carboxylic acids is 1. The Morgan fingerprint density at radius 2 is 1.86 bits per heavy atom. The van der Waals surface area contributed by atoms with E-state index in [0.29, 0.717) is 12.5 Å². The van der Waals surface area contributed by atoms with Crippen LogP contribution in [0.5, 0.6) is 0 Å². The number of aromatic nitrogens is 1. The zero-order valence-electron chi connectivity index (χ0n) is 16.7. The van der Waals surface area contributed by atoms with E-state index < -0.39 is 0 Å². The molecule has 8 heteroatoms. The summed E-state index contributed by atoms with van der Waals surface area (Å²) in [5, 5.41) is 7.35. The number of hydrogen-bond donors (Lipinski definition) is 2. The van der Waals surface area contributed by atoms with Crippen LogP contribution in [0.1, 0.15) is 15.6 Å². The maximum atomic E-state index is 12.5. The highest BCUT2D eigenvalue weighted by Gasteiger charge is 2.21. The molecule has 1 aliphatic heterocycles. The fourth-order valence-corrected chi connectivity index (χ4v) is 3.99. The highest BCUT2D eigenvalue weighted by molar-refractivity contribution is 7.11. The molecule has 1 amide bonds. The molecule has 0 aliphatic carbocycles. The summed E-state index contributed by atoms with van der Waals surface area (Å²) in [5.41, 5.74) is 2.28. The number of aryl methyl sites for hydroxylation is 2. The van der Waals surface area contributed by atoms with Crippen LogP contribution in [0, 0.1) is 13.8 Å². The molecule has 1 aliphatic rings. The third-order valence-corrected chi connectivity index (χ3v) is 5.94. The Morgan fingerprint density at radius 3 is 2.46 bits per heavy atom. The number of piperazine rings is 1. The van der Waals surface area contributed by atoms with Gasteiger partial charge in [-0.3, -0.25) is 9.79 Å². The number of nitrogens with zero attached hydrogens (tertiary/aromatic N) is 4. The zero-order chi connectivity index (χ0) is 19.9. The smallest absolute Gasteiger partial charge is 0.242 e. The van der Waals surface area contributed by atoms with E-state index in [2.05, 4.69) is 44.6 Å². The van der Waals surface area contributed by atoms with Crippen LogP contribution >= 0.6 is 11.3 Å². The van der Waals surface area contributed by atoms with E-state index >= 15 is 0 Å². The van der Waals surface area contributed by atoms with Crippen LogP contribution < -0.4 is 15.5 Å². The second-order valence-corrected chi connectivity index (χ2v) is 8.02. The first-order valence-electron chi connectivity index (χ1n) is 9.52. The number of thiazole rings is 1. The van der Waals surface area contributed by atoms with Crippen molar-refractivity contribution in [3.05, 3.63) is 45.9 Å². The summed E-state index contributed by atoms with van der Waals surface area (Å²) >= 11 is 1.68. The second-order valence-electron chi connectivity index (χ2n) is 6.73. The van der Waals surface area contributed by atoms with Crippen LogP contribution in [0.15, 0.2) is 35.3 Å². The number of carbonyl (C=O) groups is 1. The van der Waals surface area contributed by atoms with Crippen molar-refractivity contribution in [3.63, 3.8) is 0 Å². The van der Waals surface area contributed by atoms with Crippen molar-refractivity contribution < 1.29 is 4.79 Å². The van der Waals surface area contributed by atoms with Crippen molar-refractivity contribution in [2.24, 2.45) is 4.99 Å². The van der Waals surface area contributed by atoms with Gasteiger partial charge in [-0.2, -0.15) is 0 Å². The van der Waals surface area contributed by atoms with Crippen molar-refractivity contribution in [1.29, 1.82) is 0 Å². The van der Waals surface area contributed by atoms with E-state index in [1.807, 2.05) is 30.0 Å². The number of amides is 1. The molecule has 0 saturated carbocycles. The molecule has 7 nitrogen and oxygen atoms in total. The summed E-state index contributed by atoms with van der Waals surface area (Å²) in [6.45, 7) is 8.09. The molecule has 1 aromatic carbocycles. The van der Waals surface area contributed by atoms with Crippen LogP contribution in [0.4, 0.5) is 5.69 Å². The van der Waals surface area contributed by atoms with Crippen LogP contribution in [0.25, 0.3) is 0 Å². The molecule has 2 heterocycles. The van der Waals surface area contributed by atoms with Gasteiger partial charge in [0, 0.05) is 43.8 Å². The van der Waals surface area contributed by atoms with Gasteiger partial charge in [0.25, 0.3) is 0 Å². The first-order valence-corrected chi connectivity index (χ1v) is 10.3. The quantitative estimate of drug-likeness (QED) is 0.591. The lowest BCUT2D eigenvalue weighted by molar-refractivity contribution is -0.130. The summed E-state index contributed by atoms with van der Waals surface area (Å²) in [6, 6.07) is 10.3. The van der Waals surface area contributed by atoms with Crippen LogP contribution in [-0.2, 0) is 11.3 Å². The van der Waals surface area contributed by atoms with E-state index in [-0.39, 0.29) is 12.5 Å². The van der Waals surface area contributed by atoms with Crippen molar-refractivity contribution in [2.75, 3.05) is 44.7 Å². The Balaban J connectivity index is 1.42. The molecule has 0 atom stereocenters. The zero-order valence-corrected chi connectivity index (χ0v) is 17.6. The minimum Gasteiger partial charge on any atom is -0.368 e. The van der Waals surface area contributed by atoms with Crippen molar-refractivity contribution >= 4 is 28.9 Å². The third-order valence-electron chi connectivity index (χ3n) is 4.86. The average Bonchev–Trinajstić information content (AvgIpc) is 3.06. The standard InChI is InChI=1S/C20H28N6OS/c1-15-16(2)28-18(24-15)13-22-20(21-3)23-14-19(27)26-11-9-25(10-12-26)17-7-5-4-6-8-17/h4-8H,9-14H2,1-3H3,(H2,21,22,23). The Morgan fingerprint density at radius 1 is 1.14 bits per heavy atom. The molecule has 0 unspecified atom stereocenters. The number of anilines is 1. The predicted octanol–water partition coefficient (Wildman–Crippen LogP) is 1.77. The number of nitrogens with one attached hydrogen (secondary N) is 2. The normalized spacial score (nSPS) is 14.9. The van der Waals surface area contributed by atoms with Gasteiger partial charge in [0.05, 0.1) is 18.8 Å². The van der Waals surface area contributed by atoms with Crippen molar-refractivity contribution in [1.82, 2.24) is 20.5 Å². The van der Waals surface area contributed by atoms with E-state index in [9.17, 15) is 4.79 Å². The maximum Gasteiger partial charge on any atom is 0.242 e. The van der Waals surface area contributed by atoms with Gasteiger partial charge < -0.3 is 20.4 Å². The monoisotopic (exact) mass is 400 g/mol. The fraction of sp³-hybridized carbons (Fsp3) is 0.450. The SMILES string of the molecule is CN=C(NCC(=O)N1CCN(c2ccccc2)CC1)NCc1nc(C)c(C)s1. The summed E-state index contributed by atoms with van der Waals surface area (Å²) in [5.74, 6) is 0.707. The summed E-state index contributed by atoms with van der Waals surface area (Å²) in [7, 11) is 1.71. The maximum absolute atomic E-state index is 12.5. The van der Waals surface area contributed by atoms with Crippen molar-refractivity contribution in [2.45, 2.75) is 20.4 Å². The number of guanidine groups is 1. The molecule has 3 rings (SSSR count). The molecule has 0 bridgehead atoms. The predicted molar refractivity (Wildman–Crippen MR) is 115 cm³/mol. The van der Waals surface area contributed by atoms with Gasteiger partial charge >= 0.3 is 0 Å². The molecule has 2 N–H and O–H groups in total. The van der Waals surface area contributed by atoms with Crippen LogP contribution in [-0.4, -0.2) is 61.5 Å². The van der Waals surface area contributed by atoms with Crippen LogP contribution in [0.3, 0.4) is 0 Å². The largest absolute Gasteiger partial charge is 0.368 e. The lowest BCUT2D eigenvalue weighted by Crippen LogP contribution is -2.52. The van der Waals surface area contributed by atoms with Gasteiger partial charge in [0.1, 0.15) is 5.01 Å². The number of para-hydroxylation sites is 1. The van der Waals surface area contributed by atoms with Gasteiger partial charge in [-0.25, -0.2) is 4.98 Å². The van der Waals surface area contributed by atoms with Crippen molar-refractivity contribution in [3.8, 4) is 0 Å². The van der Waals surface area contributed by atoms with Gasteiger partial charge in [-0.15, -0.1) is 11.3 Å². The molecule has 0 spiro atoms. The average molecular weight is 401 g/mol. The summed E-state index contributed by atoms with van der Waals surface area (Å²) in [6.07, 6.45) is 0. The minimum absolute atomic E-state index is 0.0941. The topological polar surface area (TPSA) is 72.9 Å². The lowest BCUT2D eigenvalue weighted by atomic mass is 10.2. The van der Waals surface area contributed by atoms with Gasteiger partial charge in [-0.1, -0.05) is 18.2 Å². The molecule has 150 valence electrons. The summed E-state index contributed by atoms with van der Waals surface area (Å²) in [4.78, 5) is 26.7. The number of benzene rings is 1. The molecule has 1 fully saturated rings. The Labute approximate surface area is 170 Å². The minimum atomic E-state index is 0.0941. The highest BCUT2D eigenvalue weighted by atomic mass is 32.1. The first kappa shape index (κ1) is 20.1. The first-order chi connectivity index (χ1) is 13.6. The van der Waals surface area contributed by atoms with Gasteiger partial charge in [-0.05, 0) is 26.0 Å². The Kier molecular flexibility index (Phi) is 6.86. The van der Waals surface area contributed by atoms with E-state index in [4.69, 9.17) is 0 Å². The number of rotatable bonds is 5. The van der Waals surface area contributed by atoms with E-state index in [0.717, 1.165) is 36.9 Å². The Hall–Kier alpha value is -2.61. The molecule has 2 aromatic rings. The number of aliphatic imine (C=N–C) groups is 1. The van der Waals surface area contributed by atoms with Gasteiger partial charge in [0.2, 0.25) is 5.91 Å². The molecule has 0 radical (unpaired) electrons. The van der Waals surface area contributed by atoms with E-state index in [1.54, 1.807) is 18.4 Å². The Bertz CT molecular complexity index is 792. The highest BCUT2D eigenvalue weighted by Crippen LogP contribution is 2.16. The lowest BCUT2D eigenvalue weighted by Gasteiger charge is -2.36. The second kappa shape index (κ2) is 9.54. The molecule has 28 heavy (non-hydrogen) atoms. The number of hydrogen-bond acceptors (Lipinski definition) is 5. The molecular weight excluding hydrogens is 372 g/mol. The summed E-state index contributed by atoms with van der Waals surface area (Å²) < 4.78 is 0.